The summed E-state index contributed by atoms with van der Waals surface area (Å²) in [6, 6.07) is 22.1. The summed E-state index contributed by atoms with van der Waals surface area (Å²) in [7, 11) is 1.46. The van der Waals surface area contributed by atoms with Crippen molar-refractivity contribution in [1.82, 2.24) is 0 Å². The summed E-state index contributed by atoms with van der Waals surface area (Å²) < 4.78 is 18.6. The lowest BCUT2D eigenvalue weighted by Crippen LogP contribution is -2.29. The monoisotopic (exact) mass is 582 g/mol. The highest BCUT2D eigenvalue weighted by molar-refractivity contribution is 6.03. The second-order valence-corrected chi connectivity index (χ2v) is 11.3. The molecule has 1 saturated heterocycles. The van der Waals surface area contributed by atoms with Crippen LogP contribution in [0.15, 0.2) is 78.9 Å². The van der Waals surface area contributed by atoms with Crippen LogP contribution in [0.5, 0.6) is 34.5 Å². The van der Waals surface area contributed by atoms with Crippen molar-refractivity contribution in [3.05, 3.63) is 107 Å². The summed E-state index contributed by atoms with van der Waals surface area (Å²) in [5.41, 5.74) is 3.58. The molecule has 0 unspecified atom stereocenters. The van der Waals surface area contributed by atoms with Crippen molar-refractivity contribution >= 4 is 5.78 Å². The normalized spacial score (nSPS) is 21.6. The zero-order valence-electron chi connectivity index (χ0n) is 23.8. The number of aromatic hydroxyl groups is 4. The minimum absolute atomic E-state index is 0.0107. The first-order valence-corrected chi connectivity index (χ1v) is 14.4. The number of fused-ring (bicyclic) bond motifs is 1. The first kappa shape index (κ1) is 28.4. The Morgan fingerprint density at radius 3 is 1.98 bits per heavy atom. The molecule has 43 heavy (non-hydrogen) atoms. The number of rotatable bonds is 7. The van der Waals surface area contributed by atoms with E-state index in [4.69, 9.17) is 14.2 Å². The Labute approximate surface area is 249 Å². The van der Waals surface area contributed by atoms with Crippen LogP contribution in [0.3, 0.4) is 0 Å². The van der Waals surface area contributed by atoms with Crippen LogP contribution < -0.4 is 9.47 Å². The van der Waals surface area contributed by atoms with Gasteiger partial charge in [0.1, 0.15) is 46.2 Å². The Hall–Kier alpha value is -4.69. The molecule has 2 heterocycles. The number of Topliss-reactive ketones (excluding diaryl/α,β-unsaturated/α-hetero) is 1. The van der Waals surface area contributed by atoms with Gasteiger partial charge in [-0.2, -0.15) is 0 Å². The molecular weight excluding hydrogens is 548 g/mol. The van der Waals surface area contributed by atoms with E-state index in [1.54, 1.807) is 48.5 Å². The lowest BCUT2D eigenvalue weighted by atomic mass is 9.80. The van der Waals surface area contributed by atoms with Crippen molar-refractivity contribution in [1.29, 1.82) is 0 Å². The van der Waals surface area contributed by atoms with E-state index in [-0.39, 0.29) is 59.1 Å². The zero-order valence-corrected chi connectivity index (χ0v) is 23.8. The number of benzene rings is 4. The number of ether oxygens (including phenoxy) is 3. The molecule has 8 heteroatoms. The third-order valence-electron chi connectivity index (χ3n) is 8.42. The second kappa shape index (κ2) is 11.9. The van der Waals surface area contributed by atoms with Crippen molar-refractivity contribution in [2.45, 2.75) is 56.3 Å². The molecule has 4 N–H and O–H groups in total. The van der Waals surface area contributed by atoms with Crippen molar-refractivity contribution in [3.63, 3.8) is 0 Å². The Morgan fingerprint density at radius 1 is 0.791 bits per heavy atom. The number of hydrogen-bond acceptors (Lipinski definition) is 8. The minimum atomic E-state index is -0.594. The number of carbonyl (C=O) groups excluding carboxylic acids is 1. The number of carbonyl (C=O) groups is 1. The molecule has 0 saturated carbocycles. The molecule has 0 aromatic heterocycles. The first-order valence-electron chi connectivity index (χ1n) is 14.4. The van der Waals surface area contributed by atoms with Crippen molar-refractivity contribution < 1.29 is 39.4 Å². The predicted molar refractivity (Wildman–Crippen MR) is 159 cm³/mol. The Morgan fingerprint density at radius 2 is 1.37 bits per heavy atom. The van der Waals surface area contributed by atoms with Crippen LogP contribution in [-0.4, -0.2) is 39.4 Å². The van der Waals surface area contributed by atoms with Gasteiger partial charge in [-0.15, -0.1) is 0 Å². The Balaban J connectivity index is 1.37. The van der Waals surface area contributed by atoms with Crippen molar-refractivity contribution in [3.8, 4) is 34.5 Å². The number of phenolic OH excluding ortho intramolecular Hbond substituents is 4. The van der Waals surface area contributed by atoms with Crippen molar-refractivity contribution in [2.24, 2.45) is 0 Å². The summed E-state index contributed by atoms with van der Waals surface area (Å²) in [6.07, 6.45) is 1.52. The van der Waals surface area contributed by atoms with Gasteiger partial charge in [0.2, 0.25) is 0 Å². The predicted octanol–water partition coefficient (Wildman–Crippen LogP) is 6.86. The SMILES string of the molecule is COc1cc(O)c([C@H]2C[C@H](CCc3ccc(O)cc3)O[C@@H](c3ccc(O)cc3)C2)c2c1C(=O)C[C@@H](c1ccc(O)cc1)O2. The molecular formula is C35H34O8. The third kappa shape index (κ3) is 5.96. The third-order valence-corrected chi connectivity index (χ3v) is 8.42. The second-order valence-electron chi connectivity index (χ2n) is 11.3. The van der Waals surface area contributed by atoms with Gasteiger partial charge in [-0.3, -0.25) is 4.79 Å². The molecule has 4 aromatic rings. The lowest BCUT2D eigenvalue weighted by molar-refractivity contribution is -0.0634. The molecule has 0 radical (unpaired) electrons. The fourth-order valence-electron chi connectivity index (χ4n) is 6.24. The molecule has 1 fully saturated rings. The quantitative estimate of drug-likeness (QED) is 0.186. The summed E-state index contributed by atoms with van der Waals surface area (Å²) in [5.74, 6) is 0.692. The van der Waals surface area contributed by atoms with Crippen LogP contribution in [0.25, 0.3) is 0 Å². The van der Waals surface area contributed by atoms with Gasteiger partial charge in [-0.25, -0.2) is 0 Å². The van der Waals surface area contributed by atoms with Gasteiger partial charge in [0, 0.05) is 11.6 Å². The average Bonchev–Trinajstić information content (AvgIpc) is 3.00. The van der Waals surface area contributed by atoms with Crippen LogP contribution >= 0.6 is 0 Å². The molecule has 2 aliphatic rings. The van der Waals surface area contributed by atoms with Crippen LogP contribution in [0.1, 0.15) is 76.4 Å². The number of aryl methyl sites for hydroxylation is 1. The van der Waals surface area contributed by atoms with Crippen LogP contribution in [0.2, 0.25) is 0 Å². The summed E-state index contributed by atoms with van der Waals surface area (Å²) in [4.78, 5) is 13.6. The van der Waals surface area contributed by atoms with E-state index in [0.29, 0.717) is 36.1 Å². The number of methoxy groups -OCH3 is 1. The van der Waals surface area contributed by atoms with Gasteiger partial charge in [0.25, 0.3) is 0 Å². The van der Waals surface area contributed by atoms with Gasteiger partial charge < -0.3 is 34.6 Å². The maximum absolute atomic E-state index is 13.6. The maximum Gasteiger partial charge on any atom is 0.174 e. The summed E-state index contributed by atoms with van der Waals surface area (Å²) >= 11 is 0. The molecule has 2 aliphatic heterocycles. The standard InChI is InChI=1S/C35H34O8/c1-41-32-19-28(39)33(35-34(32)29(40)18-31(43-35)22-7-13-26(38)14-8-22)23-16-27(15-4-20-2-9-24(36)10-3-20)42-30(17-23)21-5-11-25(37)12-6-21/h2-3,5-14,19,23,27,30-31,36-39H,4,15-18H2,1H3/t23-,27-,30+,31-/m0/s1. The zero-order chi connectivity index (χ0) is 30.1. The van der Waals surface area contributed by atoms with Gasteiger partial charge in [-0.1, -0.05) is 36.4 Å². The van der Waals surface area contributed by atoms with Gasteiger partial charge in [0.05, 0.1) is 25.7 Å². The molecule has 0 aliphatic carbocycles. The molecule has 4 atom stereocenters. The summed E-state index contributed by atoms with van der Waals surface area (Å²) in [6.45, 7) is 0. The van der Waals surface area contributed by atoms with Crippen LogP contribution in [0.4, 0.5) is 0 Å². The lowest BCUT2D eigenvalue weighted by Gasteiger charge is -2.38. The Kier molecular flexibility index (Phi) is 7.86. The van der Waals surface area contributed by atoms with E-state index >= 15 is 0 Å². The van der Waals surface area contributed by atoms with E-state index in [0.717, 1.165) is 23.1 Å². The van der Waals surface area contributed by atoms with Crippen LogP contribution in [0, 0.1) is 0 Å². The molecule has 8 nitrogen and oxygen atoms in total. The maximum atomic E-state index is 13.6. The fraction of sp³-hybridized carbons (Fsp3) is 0.286. The molecule has 0 amide bonds. The first-order chi connectivity index (χ1) is 20.8. The highest BCUT2D eigenvalue weighted by Crippen LogP contribution is 2.53. The van der Waals surface area contributed by atoms with Gasteiger partial charge in [0.15, 0.2) is 5.78 Å². The number of hydrogen-bond donors (Lipinski definition) is 4. The highest BCUT2D eigenvalue weighted by atomic mass is 16.5. The van der Waals surface area contributed by atoms with E-state index in [2.05, 4.69) is 0 Å². The number of phenols is 4. The molecule has 4 aromatic carbocycles. The van der Waals surface area contributed by atoms with Crippen molar-refractivity contribution in [2.75, 3.05) is 7.11 Å². The van der Waals surface area contributed by atoms with Gasteiger partial charge in [-0.05, 0) is 84.7 Å². The van der Waals surface area contributed by atoms with E-state index in [1.807, 2.05) is 24.3 Å². The number of ketones is 1. The highest BCUT2D eigenvalue weighted by Gasteiger charge is 2.40. The van der Waals surface area contributed by atoms with Crippen LogP contribution in [-0.2, 0) is 11.2 Å². The van der Waals surface area contributed by atoms with E-state index < -0.39 is 6.10 Å². The summed E-state index contributed by atoms with van der Waals surface area (Å²) in [5, 5.41) is 40.8. The van der Waals surface area contributed by atoms with Gasteiger partial charge >= 0.3 is 0 Å². The van der Waals surface area contributed by atoms with E-state index in [9.17, 15) is 25.2 Å². The molecule has 0 bridgehead atoms. The largest absolute Gasteiger partial charge is 0.508 e. The smallest absolute Gasteiger partial charge is 0.174 e. The molecule has 6 rings (SSSR count). The molecule has 0 spiro atoms. The minimum Gasteiger partial charge on any atom is -0.508 e. The average molecular weight is 583 g/mol. The van der Waals surface area contributed by atoms with E-state index in [1.165, 1.54) is 13.2 Å². The Bertz CT molecular complexity index is 1600. The molecule has 222 valence electrons. The topological polar surface area (TPSA) is 126 Å². The fourth-order valence-corrected chi connectivity index (χ4v) is 6.24.